The van der Waals surface area contributed by atoms with Crippen LogP contribution in [0.2, 0.25) is 0 Å². The molecule has 0 bridgehead atoms. The third kappa shape index (κ3) is 3.22. The molecule has 1 aliphatic carbocycles. The number of carbonyl (C=O) groups is 1. The number of aliphatic hydroxyl groups excluding tert-OH is 1. The van der Waals surface area contributed by atoms with Crippen molar-refractivity contribution in [3.63, 3.8) is 0 Å². The molecule has 1 aliphatic heterocycles. The fourth-order valence-electron chi connectivity index (χ4n) is 4.21. The van der Waals surface area contributed by atoms with Gasteiger partial charge in [0.15, 0.2) is 0 Å². The summed E-state index contributed by atoms with van der Waals surface area (Å²) in [5, 5.41) is 10.4. The first kappa shape index (κ1) is 17.1. The molecule has 1 aromatic rings. The summed E-state index contributed by atoms with van der Waals surface area (Å²) in [5.41, 5.74) is 0.565. The third-order valence-corrected chi connectivity index (χ3v) is 5.47. The van der Waals surface area contributed by atoms with Crippen molar-refractivity contribution in [2.24, 2.45) is 5.92 Å². The van der Waals surface area contributed by atoms with Crippen LogP contribution >= 0.6 is 0 Å². The first-order valence-corrected chi connectivity index (χ1v) is 8.86. The minimum atomic E-state index is -0.282. The summed E-state index contributed by atoms with van der Waals surface area (Å²) >= 11 is 0. The van der Waals surface area contributed by atoms with E-state index in [1.165, 1.54) is 0 Å². The van der Waals surface area contributed by atoms with E-state index in [0.29, 0.717) is 17.1 Å². The number of benzene rings is 1. The molecule has 1 heterocycles. The fraction of sp³-hybridized carbons (Fsp3) is 0.632. The van der Waals surface area contributed by atoms with Gasteiger partial charge in [-0.3, -0.25) is 4.79 Å². The number of nitrogens with zero attached hydrogens (tertiary/aromatic N) is 1. The van der Waals surface area contributed by atoms with Gasteiger partial charge in [-0.25, -0.2) is 0 Å². The summed E-state index contributed by atoms with van der Waals surface area (Å²) in [5.74, 6) is 1.41. The van der Waals surface area contributed by atoms with Crippen molar-refractivity contribution in [1.29, 1.82) is 0 Å². The molecule has 24 heavy (non-hydrogen) atoms. The average molecular weight is 333 g/mol. The van der Waals surface area contributed by atoms with Crippen LogP contribution < -0.4 is 9.47 Å². The molecule has 1 saturated heterocycles. The predicted octanol–water partition coefficient (Wildman–Crippen LogP) is 2.86. The first-order chi connectivity index (χ1) is 11.7. The van der Waals surface area contributed by atoms with Crippen LogP contribution in [-0.4, -0.2) is 48.8 Å². The highest BCUT2D eigenvalue weighted by atomic mass is 16.5. The van der Waals surface area contributed by atoms with Gasteiger partial charge in [0.1, 0.15) is 11.5 Å². The Morgan fingerprint density at radius 1 is 1.12 bits per heavy atom. The topological polar surface area (TPSA) is 59.0 Å². The Morgan fingerprint density at radius 3 is 2.62 bits per heavy atom. The van der Waals surface area contributed by atoms with Crippen LogP contribution in [0.3, 0.4) is 0 Å². The van der Waals surface area contributed by atoms with Crippen LogP contribution in [0.1, 0.15) is 48.9 Å². The zero-order valence-electron chi connectivity index (χ0n) is 14.5. The molecule has 1 N–H and O–H groups in total. The van der Waals surface area contributed by atoms with Crippen molar-refractivity contribution < 1.29 is 19.4 Å². The lowest BCUT2D eigenvalue weighted by molar-refractivity contribution is 0.0210. The van der Waals surface area contributed by atoms with Crippen molar-refractivity contribution >= 4 is 5.91 Å². The van der Waals surface area contributed by atoms with Crippen molar-refractivity contribution in [3.8, 4) is 11.5 Å². The number of carbonyl (C=O) groups excluding carboxylic acids is 1. The maximum Gasteiger partial charge on any atom is 0.257 e. The van der Waals surface area contributed by atoms with E-state index in [-0.39, 0.29) is 24.0 Å². The highest BCUT2D eigenvalue weighted by Crippen LogP contribution is 2.36. The molecule has 1 amide bonds. The van der Waals surface area contributed by atoms with E-state index in [4.69, 9.17) is 9.47 Å². The van der Waals surface area contributed by atoms with E-state index in [1.807, 2.05) is 4.90 Å². The molecule has 1 saturated carbocycles. The monoisotopic (exact) mass is 333 g/mol. The molecule has 3 rings (SSSR count). The number of amides is 1. The molecule has 3 atom stereocenters. The van der Waals surface area contributed by atoms with Crippen molar-refractivity contribution in [3.05, 3.63) is 23.8 Å². The SMILES string of the molecule is COc1ccc(C(=O)N2CCCC2C2CCCCC2O)c(OC)c1. The second-order valence-corrected chi connectivity index (χ2v) is 6.79. The van der Waals surface area contributed by atoms with Gasteiger partial charge in [-0.2, -0.15) is 0 Å². The zero-order valence-corrected chi connectivity index (χ0v) is 14.5. The number of rotatable bonds is 4. The molecule has 0 aromatic heterocycles. The molecule has 1 aromatic carbocycles. The lowest BCUT2D eigenvalue weighted by atomic mass is 9.80. The number of aliphatic hydroxyl groups is 1. The Balaban J connectivity index is 1.83. The molecule has 3 unspecified atom stereocenters. The Kier molecular flexibility index (Phi) is 5.29. The van der Waals surface area contributed by atoms with Gasteiger partial charge in [0.2, 0.25) is 0 Å². The van der Waals surface area contributed by atoms with E-state index >= 15 is 0 Å². The van der Waals surface area contributed by atoms with Crippen LogP contribution in [0.25, 0.3) is 0 Å². The molecule has 132 valence electrons. The Bertz CT molecular complexity index is 589. The van der Waals surface area contributed by atoms with Gasteiger partial charge in [0.25, 0.3) is 5.91 Å². The number of hydrogen-bond donors (Lipinski definition) is 1. The molecule has 0 spiro atoms. The van der Waals surface area contributed by atoms with Gasteiger partial charge in [-0.05, 0) is 37.8 Å². The zero-order chi connectivity index (χ0) is 17.1. The van der Waals surface area contributed by atoms with Crippen molar-refractivity contribution in [2.45, 2.75) is 50.7 Å². The summed E-state index contributed by atoms with van der Waals surface area (Å²) in [4.78, 5) is 15.1. The molecular weight excluding hydrogens is 306 g/mol. The van der Waals surface area contributed by atoms with E-state index < -0.39 is 0 Å². The minimum Gasteiger partial charge on any atom is -0.497 e. The highest BCUT2D eigenvalue weighted by molar-refractivity contribution is 5.97. The van der Waals surface area contributed by atoms with Crippen LogP contribution in [0.5, 0.6) is 11.5 Å². The second kappa shape index (κ2) is 7.43. The van der Waals surface area contributed by atoms with Gasteiger partial charge in [0, 0.05) is 24.6 Å². The van der Waals surface area contributed by atoms with Gasteiger partial charge < -0.3 is 19.5 Å². The summed E-state index contributed by atoms with van der Waals surface area (Å²) in [6.07, 6.45) is 5.79. The number of methoxy groups -OCH3 is 2. The van der Waals surface area contributed by atoms with Crippen LogP contribution in [0.15, 0.2) is 18.2 Å². The largest absolute Gasteiger partial charge is 0.497 e. The molecular formula is C19H27NO4. The van der Waals surface area contributed by atoms with Crippen molar-refractivity contribution in [1.82, 2.24) is 4.90 Å². The smallest absolute Gasteiger partial charge is 0.257 e. The van der Waals surface area contributed by atoms with E-state index in [2.05, 4.69) is 0 Å². The lowest BCUT2D eigenvalue weighted by Gasteiger charge is -2.37. The standard InChI is InChI=1S/C19H27NO4/c1-23-13-9-10-15(18(12-13)24-2)19(22)20-11-5-7-16(20)14-6-3-4-8-17(14)21/h9-10,12,14,16-17,21H,3-8,11H2,1-2H3. The maximum atomic E-state index is 13.1. The minimum absolute atomic E-state index is 0.00484. The average Bonchev–Trinajstić information content (AvgIpc) is 3.10. The Morgan fingerprint density at radius 2 is 1.92 bits per heavy atom. The fourth-order valence-corrected chi connectivity index (χ4v) is 4.21. The Labute approximate surface area is 143 Å². The summed E-state index contributed by atoms with van der Waals surface area (Å²) < 4.78 is 10.6. The number of ether oxygens (including phenoxy) is 2. The maximum absolute atomic E-state index is 13.1. The third-order valence-electron chi connectivity index (χ3n) is 5.47. The van der Waals surface area contributed by atoms with Crippen LogP contribution in [-0.2, 0) is 0 Å². The second-order valence-electron chi connectivity index (χ2n) is 6.79. The first-order valence-electron chi connectivity index (χ1n) is 8.86. The normalized spacial score (nSPS) is 27.1. The van der Waals surface area contributed by atoms with Gasteiger partial charge in [0.05, 0.1) is 25.9 Å². The summed E-state index contributed by atoms with van der Waals surface area (Å²) in [6.45, 7) is 0.752. The summed E-state index contributed by atoms with van der Waals surface area (Å²) in [7, 11) is 3.16. The molecule has 0 radical (unpaired) electrons. The van der Waals surface area contributed by atoms with Gasteiger partial charge in [-0.1, -0.05) is 12.8 Å². The van der Waals surface area contributed by atoms with Crippen LogP contribution in [0.4, 0.5) is 0 Å². The van der Waals surface area contributed by atoms with E-state index in [9.17, 15) is 9.90 Å². The molecule has 5 heteroatoms. The summed E-state index contributed by atoms with van der Waals surface area (Å²) in [6, 6.07) is 5.44. The van der Waals surface area contributed by atoms with Crippen LogP contribution in [0, 0.1) is 5.92 Å². The van der Waals surface area contributed by atoms with Gasteiger partial charge >= 0.3 is 0 Å². The number of hydrogen-bond acceptors (Lipinski definition) is 4. The Hall–Kier alpha value is -1.75. The van der Waals surface area contributed by atoms with E-state index in [0.717, 1.165) is 45.1 Å². The van der Waals surface area contributed by atoms with Gasteiger partial charge in [-0.15, -0.1) is 0 Å². The lowest BCUT2D eigenvalue weighted by Crippen LogP contribution is -2.45. The molecule has 5 nitrogen and oxygen atoms in total. The molecule has 2 aliphatic rings. The molecule has 2 fully saturated rings. The number of likely N-dealkylation sites (tertiary alicyclic amines) is 1. The van der Waals surface area contributed by atoms with Crippen molar-refractivity contribution in [2.75, 3.05) is 20.8 Å². The quantitative estimate of drug-likeness (QED) is 0.920. The predicted molar refractivity (Wildman–Crippen MR) is 91.6 cm³/mol. The van der Waals surface area contributed by atoms with E-state index in [1.54, 1.807) is 32.4 Å². The highest BCUT2D eigenvalue weighted by Gasteiger charge is 2.39.